The molecular formula is C14H12N2OS. The van der Waals surface area contributed by atoms with Crippen LogP contribution in [0.3, 0.4) is 0 Å². The van der Waals surface area contributed by atoms with Crippen LogP contribution in [-0.4, -0.2) is 6.21 Å². The number of hydrogen-bond donors (Lipinski definition) is 0. The van der Waals surface area contributed by atoms with Gasteiger partial charge in [0.2, 0.25) is 0 Å². The number of furan rings is 1. The smallest absolute Gasteiger partial charge is 0.145 e. The largest absolute Gasteiger partial charge is 0.460 e. The van der Waals surface area contributed by atoms with Crippen molar-refractivity contribution < 1.29 is 4.42 Å². The molecular weight excluding hydrogens is 244 g/mol. The average Bonchev–Trinajstić information content (AvgIpc) is 3.01. The van der Waals surface area contributed by atoms with Crippen molar-refractivity contribution in [2.45, 2.75) is 26.2 Å². The van der Waals surface area contributed by atoms with E-state index in [1.807, 2.05) is 19.1 Å². The summed E-state index contributed by atoms with van der Waals surface area (Å²) in [5.74, 6) is 1.59. The number of nitriles is 1. The molecule has 18 heavy (non-hydrogen) atoms. The van der Waals surface area contributed by atoms with E-state index in [2.05, 4.69) is 11.1 Å². The third kappa shape index (κ3) is 1.87. The Kier molecular flexibility index (Phi) is 2.77. The Morgan fingerprint density at radius 3 is 3.06 bits per heavy atom. The Bertz CT molecular complexity index is 658. The Balaban J connectivity index is 1.94. The molecule has 0 unspecified atom stereocenters. The number of hydrogen-bond acceptors (Lipinski definition) is 4. The molecule has 0 aliphatic heterocycles. The highest BCUT2D eigenvalue weighted by atomic mass is 32.1. The second kappa shape index (κ2) is 4.43. The molecule has 1 aliphatic rings. The summed E-state index contributed by atoms with van der Waals surface area (Å²) in [4.78, 5) is 5.73. The van der Waals surface area contributed by atoms with Crippen LogP contribution in [0.1, 0.15) is 33.9 Å². The van der Waals surface area contributed by atoms with Gasteiger partial charge in [0.05, 0.1) is 11.8 Å². The van der Waals surface area contributed by atoms with E-state index in [0.717, 1.165) is 41.3 Å². The first-order valence-corrected chi connectivity index (χ1v) is 6.74. The van der Waals surface area contributed by atoms with E-state index in [4.69, 9.17) is 4.42 Å². The van der Waals surface area contributed by atoms with Crippen LogP contribution < -0.4 is 0 Å². The quantitative estimate of drug-likeness (QED) is 0.768. The summed E-state index contributed by atoms with van der Waals surface area (Å²) >= 11 is 1.64. The fraction of sp³-hybridized carbons (Fsp3) is 0.286. The number of fused-ring (bicyclic) bond motifs is 1. The predicted octanol–water partition coefficient (Wildman–Crippen LogP) is 3.76. The minimum absolute atomic E-state index is 0.727. The fourth-order valence-corrected chi connectivity index (χ4v) is 3.42. The van der Waals surface area contributed by atoms with Crippen molar-refractivity contribution in [1.29, 1.82) is 5.26 Å². The zero-order valence-electron chi connectivity index (χ0n) is 10.1. The van der Waals surface area contributed by atoms with Crippen LogP contribution >= 0.6 is 11.3 Å². The summed E-state index contributed by atoms with van der Waals surface area (Å²) in [7, 11) is 0. The Hall–Kier alpha value is -1.86. The van der Waals surface area contributed by atoms with Gasteiger partial charge in [-0.05, 0) is 43.9 Å². The van der Waals surface area contributed by atoms with Gasteiger partial charge in [-0.15, -0.1) is 11.3 Å². The molecule has 90 valence electrons. The zero-order valence-corrected chi connectivity index (χ0v) is 10.9. The summed E-state index contributed by atoms with van der Waals surface area (Å²) in [5.41, 5.74) is 1.97. The second-order valence-corrected chi connectivity index (χ2v) is 5.44. The zero-order chi connectivity index (χ0) is 12.5. The summed E-state index contributed by atoms with van der Waals surface area (Å²) < 4.78 is 5.43. The first-order valence-electron chi connectivity index (χ1n) is 5.93. The molecule has 3 nitrogen and oxygen atoms in total. The van der Waals surface area contributed by atoms with Gasteiger partial charge in [-0.25, -0.2) is 4.99 Å². The maximum absolute atomic E-state index is 9.23. The van der Waals surface area contributed by atoms with Crippen molar-refractivity contribution in [3.63, 3.8) is 0 Å². The Morgan fingerprint density at radius 1 is 1.44 bits per heavy atom. The van der Waals surface area contributed by atoms with Crippen molar-refractivity contribution in [1.82, 2.24) is 0 Å². The topological polar surface area (TPSA) is 49.3 Å². The summed E-state index contributed by atoms with van der Waals surface area (Å²) in [6.45, 7) is 1.90. The second-order valence-electron chi connectivity index (χ2n) is 4.36. The van der Waals surface area contributed by atoms with Crippen LogP contribution in [0.15, 0.2) is 21.5 Å². The molecule has 4 heteroatoms. The molecule has 2 aromatic heterocycles. The third-order valence-electron chi connectivity index (χ3n) is 3.08. The van der Waals surface area contributed by atoms with Gasteiger partial charge >= 0.3 is 0 Å². The fourth-order valence-electron chi connectivity index (χ4n) is 2.24. The normalized spacial score (nSPS) is 14.0. The highest BCUT2D eigenvalue weighted by Gasteiger charge is 2.21. The van der Waals surface area contributed by atoms with Crippen LogP contribution in [0.5, 0.6) is 0 Å². The number of thiophene rings is 1. The number of nitrogens with zero attached hydrogens (tertiary/aromatic N) is 2. The van der Waals surface area contributed by atoms with E-state index >= 15 is 0 Å². The SMILES string of the molecule is Cc1ccc(C=Nc2sc3c(c2C#N)CCC3)o1. The van der Waals surface area contributed by atoms with Gasteiger partial charge < -0.3 is 4.42 Å². The predicted molar refractivity (Wildman–Crippen MR) is 71.8 cm³/mol. The van der Waals surface area contributed by atoms with Crippen molar-refractivity contribution in [2.24, 2.45) is 4.99 Å². The van der Waals surface area contributed by atoms with Gasteiger partial charge in [0.15, 0.2) is 0 Å². The third-order valence-corrected chi connectivity index (χ3v) is 4.28. The van der Waals surface area contributed by atoms with Crippen molar-refractivity contribution in [3.05, 3.63) is 39.7 Å². The lowest BCUT2D eigenvalue weighted by Crippen LogP contribution is -1.80. The summed E-state index contributed by atoms with van der Waals surface area (Å²) in [6.07, 6.45) is 4.96. The van der Waals surface area contributed by atoms with Crippen LogP contribution in [0.2, 0.25) is 0 Å². The molecule has 0 fully saturated rings. The standard InChI is InChI=1S/C14H12N2OS/c1-9-5-6-10(17-9)8-16-14-12(7-15)11-3-2-4-13(11)18-14/h5-6,8H,2-4H2,1H3. The van der Waals surface area contributed by atoms with Gasteiger partial charge in [0, 0.05) is 4.88 Å². The van der Waals surface area contributed by atoms with Crippen molar-refractivity contribution >= 4 is 22.6 Å². The minimum Gasteiger partial charge on any atom is -0.460 e. The van der Waals surface area contributed by atoms with Crippen LogP contribution in [-0.2, 0) is 12.8 Å². The lowest BCUT2D eigenvalue weighted by molar-refractivity contribution is 0.528. The van der Waals surface area contributed by atoms with Crippen LogP contribution in [0.4, 0.5) is 5.00 Å². The van der Waals surface area contributed by atoms with Crippen LogP contribution in [0.25, 0.3) is 0 Å². The molecule has 0 saturated carbocycles. The van der Waals surface area contributed by atoms with Gasteiger partial charge in [-0.1, -0.05) is 0 Å². The van der Waals surface area contributed by atoms with Gasteiger partial charge in [0.1, 0.15) is 22.6 Å². The number of aryl methyl sites for hydroxylation is 2. The molecule has 0 bridgehead atoms. The molecule has 2 heterocycles. The van der Waals surface area contributed by atoms with E-state index in [9.17, 15) is 5.26 Å². The molecule has 0 spiro atoms. The van der Waals surface area contributed by atoms with Gasteiger partial charge in [0.25, 0.3) is 0 Å². The Labute approximate surface area is 109 Å². The highest BCUT2D eigenvalue weighted by molar-refractivity contribution is 7.16. The van der Waals surface area contributed by atoms with Crippen LogP contribution in [0, 0.1) is 18.3 Å². The molecule has 0 aromatic carbocycles. The molecule has 0 radical (unpaired) electrons. The van der Waals surface area contributed by atoms with Crippen molar-refractivity contribution in [2.75, 3.05) is 0 Å². The molecule has 0 N–H and O–H groups in total. The maximum Gasteiger partial charge on any atom is 0.145 e. The van der Waals surface area contributed by atoms with E-state index in [0.29, 0.717) is 0 Å². The van der Waals surface area contributed by atoms with Gasteiger partial charge in [-0.3, -0.25) is 0 Å². The first kappa shape index (κ1) is 11.2. The Morgan fingerprint density at radius 2 is 2.33 bits per heavy atom. The van der Waals surface area contributed by atoms with E-state index < -0.39 is 0 Å². The number of rotatable bonds is 2. The summed E-state index contributed by atoms with van der Waals surface area (Å²) in [5, 5.41) is 10.0. The summed E-state index contributed by atoms with van der Waals surface area (Å²) in [6, 6.07) is 6.07. The lowest BCUT2D eigenvalue weighted by atomic mass is 10.1. The molecule has 0 saturated heterocycles. The minimum atomic E-state index is 0.727. The monoisotopic (exact) mass is 256 g/mol. The average molecular weight is 256 g/mol. The van der Waals surface area contributed by atoms with E-state index in [1.165, 1.54) is 10.4 Å². The molecule has 3 rings (SSSR count). The van der Waals surface area contributed by atoms with E-state index in [-0.39, 0.29) is 0 Å². The molecule has 2 aromatic rings. The van der Waals surface area contributed by atoms with Gasteiger partial charge in [-0.2, -0.15) is 5.26 Å². The van der Waals surface area contributed by atoms with E-state index in [1.54, 1.807) is 17.6 Å². The van der Waals surface area contributed by atoms with Crippen molar-refractivity contribution in [3.8, 4) is 6.07 Å². The molecule has 1 aliphatic carbocycles. The first-order chi connectivity index (χ1) is 8.78. The molecule has 0 atom stereocenters. The highest BCUT2D eigenvalue weighted by Crippen LogP contribution is 2.40. The lowest BCUT2D eigenvalue weighted by Gasteiger charge is -1.91. The maximum atomic E-state index is 9.23. The number of aliphatic imine (C=N–C) groups is 1. The molecule has 0 amide bonds.